The minimum atomic E-state index is -0.472. The van der Waals surface area contributed by atoms with Crippen molar-refractivity contribution in [2.24, 2.45) is 0 Å². The Morgan fingerprint density at radius 3 is 2.31 bits per heavy atom. The predicted octanol–water partition coefficient (Wildman–Crippen LogP) is 1.06. The Balaban J connectivity index is 2.92. The fourth-order valence-corrected chi connectivity index (χ4v) is 1.18. The van der Waals surface area contributed by atoms with Gasteiger partial charge in [-0.15, -0.1) is 0 Å². The molecule has 0 bridgehead atoms. The zero-order valence-electron chi connectivity index (χ0n) is 7.40. The molecule has 0 aliphatic heterocycles. The number of phenols is 1. The van der Waals surface area contributed by atoms with Crippen LogP contribution in [-0.2, 0) is 4.79 Å². The molecule has 1 aromatic rings. The smallest absolute Gasteiger partial charge is 0.139 e. The number of carbonyl (C=O) groups excluding carboxylic acids is 1. The van der Waals surface area contributed by atoms with E-state index in [1.54, 1.807) is 12.1 Å². The molecule has 0 radical (unpaired) electrons. The number of Topliss-reactive ketones (excluding diaryl/α,β-unsaturated/α-hetero) is 1. The molecule has 0 saturated carbocycles. The average molecular weight is 180 g/mol. The first-order valence-corrected chi connectivity index (χ1v) is 4.05. The molecule has 0 spiro atoms. The Morgan fingerprint density at radius 1 is 1.38 bits per heavy atom. The summed E-state index contributed by atoms with van der Waals surface area (Å²) in [7, 11) is 0. The van der Waals surface area contributed by atoms with Crippen molar-refractivity contribution in [1.82, 2.24) is 0 Å². The number of aromatic hydroxyl groups is 1. The number of rotatable bonds is 3. The van der Waals surface area contributed by atoms with Gasteiger partial charge in [0.05, 0.1) is 12.5 Å². The van der Waals surface area contributed by atoms with Gasteiger partial charge in [-0.3, -0.25) is 4.79 Å². The highest BCUT2D eigenvalue weighted by atomic mass is 16.3. The summed E-state index contributed by atoms with van der Waals surface area (Å²) in [6.45, 7) is 1.24. The first-order valence-electron chi connectivity index (χ1n) is 4.05. The van der Waals surface area contributed by atoms with Crippen LogP contribution in [0.5, 0.6) is 5.75 Å². The molecule has 1 atom stereocenters. The molecule has 1 rings (SSSR count). The Bertz CT molecular complexity index is 290. The average Bonchev–Trinajstić information content (AvgIpc) is 2.09. The van der Waals surface area contributed by atoms with Gasteiger partial charge in [0.1, 0.15) is 11.5 Å². The van der Waals surface area contributed by atoms with E-state index in [9.17, 15) is 4.79 Å². The van der Waals surface area contributed by atoms with Gasteiger partial charge in [0.15, 0.2) is 0 Å². The van der Waals surface area contributed by atoms with Crippen molar-refractivity contribution >= 4 is 5.78 Å². The van der Waals surface area contributed by atoms with Crippen LogP contribution in [0.4, 0.5) is 0 Å². The highest BCUT2D eigenvalue weighted by Crippen LogP contribution is 2.18. The molecule has 0 saturated heterocycles. The summed E-state index contributed by atoms with van der Waals surface area (Å²) in [5.41, 5.74) is 0.729. The molecule has 0 fully saturated rings. The summed E-state index contributed by atoms with van der Waals surface area (Å²) in [5.74, 6) is -0.391. The summed E-state index contributed by atoms with van der Waals surface area (Å²) >= 11 is 0. The molecule has 0 aliphatic rings. The van der Waals surface area contributed by atoms with Crippen molar-refractivity contribution in [2.75, 3.05) is 6.61 Å². The maximum Gasteiger partial charge on any atom is 0.139 e. The molecular weight excluding hydrogens is 168 g/mol. The second-order valence-corrected chi connectivity index (χ2v) is 2.94. The molecule has 1 unspecified atom stereocenters. The normalized spacial score (nSPS) is 12.5. The minimum absolute atomic E-state index is 0.0758. The number of benzene rings is 1. The Morgan fingerprint density at radius 2 is 1.92 bits per heavy atom. The minimum Gasteiger partial charge on any atom is -0.508 e. The third-order valence-electron chi connectivity index (χ3n) is 1.97. The standard InChI is InChI=1S/C10H12O3/c1-7(12)10(6-11)8-2-4-9(13)5-3-8/h2-5,10-11,13H,6H2,1H3. The monoisotopic (exact) mass is 180 g/mol. The molecule has 13 heavy (non-hydrogen) atoms. The summed E-state index contributed by atoms with van der Waals surface area (Å²) < 4.78 is 0. The summed E-state index contributed by atoms with van der Waals surface area (Å²) in [6, 6.07) is 6.27. The fourth-order valence-electron chi connectivity index (χ4n) is 1.18. The van der Waals surface area contributed by atoms with Crippen LogP contribution < -0.4 is 0 Å². The quantitative estimate of drug-likeness (QED) is 0.731. The second kappa shape index (κ2) is 4.05. The van der Waals surface area contributed by atoms with Crippen molar-refractivity contribution in [3.8, 4) is 5.75 Å². The highest BCUT2D eigenvalue weighted by Gasteiger charge is 2.14. The van der Waals surface area contributed by atoms with E-state index in [1.807, 2.05) is 0 Å². The first-order chi connectivity index (χ1) is 6.15. The third-order valence-corrected chi connectivity index (χ3v) is 1.97. The number of hydrogen-bond acceptors (Lipinski definition) is 3. The van der Waals surface area contributed by atoms with Gasteiger partial charge >= 0.3 is 0 Å². The van der Waals surface area contributed by atoms with Crippen LogP contribution in [0.2, 0.25) is 0 Å². The molecule has 0 aromatic heterocycles. The summed E-state index contributed by atoms with van der Waals surface area (Å²) in [4.78, 5) is 11.0. The SMILES string of the molecule is CC(=O)C(CO)c1ccc(O)cc1. The lowest BCUT2D eigenvalue weighted by Crippen LogP contribution is -2.12. The van der Waals surface area contributed by atoms with Crippen LogP contribution in [0.1, 0.15) is 18.4 Å². The van der Waals surface area contributed by atoms with Crippen molar-refractivity contribution in [2.45, 2.75) is 12.8 Å². The van der Waals surface area contributed by atoms with Crippen LogP contribution in [0.25, 0.3) is 0 Å². The van der Waals surface area contributed by atoms with E-state index < -0.39 is 5.92 Å². The van der Waals surface area contributed by atoms with Crippen LogP contribution in [0.3, 0.4) is 0 Å². The second-order valence-electron chi connectivity index (χ2n) is 2.94. The molecule has 2 N–H and O–H groups in total. The van der Waals surface area contributed by atoms with E-state index in [0.29, 0.717) is 0 Å². The largest absolute Gasteiger partial charge is 0.508 e. The molecule has 3 heteroatoms. The van der Waals surface area contributed by atoms with Gasteiger partial charge in [0.25, 0.3) is 0 Å². The molecule has 0 amide bonds. The van der Waals surface area contributed by atoms with Crippen molar-refractivity contribution < 1.29 is 15.0 Å². The van der Waals surface area contributed by atoms with E-state index in [-0.39, 0.29) is 18.1 Å². The van der Waals surface area contributed by atoms with Gasteiger partial charge in [0, 0.05) is 0 Å². The number of ketones is 1. The molecular formula is C10H12O3. The summed E-state index contributed by atoms with van der Waals surface area (Å²) in [5, 5.41) is 17.9. The number of aliphatic hydroxyl groups is 1. The predicted molar refractivity (Wildman–Crippen MR) is 48.6 cm³/mol. The molecule has 70 valence electrons. The Labute approximate surface area is 76.6 Å². The van der Waals surface area contributed by atoms with E-state index in [0.717, 1.165) is 5.56 Å². The number of phenolic OH excluding ortho intramolecular Hbond substituents is 1. The number of hydrogen-bond donors (Lipinski definition) is 2. The van der Waals surface area contributed by atoms with Gasteiger partial charge in [-0.05, 0) is 24.6 Å². The van der Waals surface area contributed by atoms with Crippen LogP contribution in [0.15, 0.2) is 24.3 Å². The lowest BCUT2D eigenvalue weighted by Gasteiger charge is -2.10. The lowest BCUT2D eigenvalue weighted by atomic mass is 9.96. The van der Waals surface area contributed by atoms with Gasteiger partial charge < -0.3 is 10.2 Å². The number of carbonyl (C=O) groups is 1. The van der Waals surface area contributed by atoms with Crippen LogP contribution in [0, 0.1) is 0 Å². The van der Waals surface area contributed by atoms with E-state index in [4.69, 9.17) is 10.2 Å². The summed E-state index contributed by atoms with van der Waals surface area (Å²) in [6.07, 6.45) is 0. The van der Waals surface area contributed by atoms with E-state index in [2.05, 4.69) is 0 Å². The highest BCUT2D eigenvalue weighted by molar-refractivity contribution is 5.83. The maximum atomic E-state index is 11.0. The van der Waals surface area contributed by atoms with Gasteiger partial charge in [-0.2, -0.15) is 0 Å². The van der Waals surface area contributed by atoms with Crippen LogP contribution in [-0.4, -0.2) is 22.6 Å². The molecule has 0 aliphatic carbocycles. The van der Waals surface area contributed by atoms with Crippen molar-refractivity contribution in [1.29, 1.82) is 0 Å². The number of aliphatic hydroxyl groups excluding tert-OH is 1. The zero-order valence-corrected chi connectivity index (χ0v) is 7.40. The first kappa shape index (κ1) is 9.74. The van der Waals surface area contributed by atoms with E-state index in [1.165, 1.54) is 19.1 Å². The fraction of sp³-hybridized carbons (Fsp3) is 0.300. The van der Waals surface area contributed by atoms with Gasteiger partial charge in [0.2, 0.25) is 0 Å². The van der Waals surface area contributed by atoms with Gasteiger partial charge in [-0.25, -0.2) is 0 Å². The maximum absolute atomic E-state index is 11.0. The van der Waals surface area contributed by atoms with Gasteiger partial charge in [-0.1, -0.05) is 12.1 Å². The zero-order chi connectivity index (χ0) is 9.84. The van der Waals surface area contributed by atoms with Crippen LogP contribution >= 0.6 is 0 Å². The van der Waals surface area contributed by atoms with Crippen molar-refractivity contribution in [3.05, 3.63) is 29.8 Å². The van der Waals surface area contributed by atoms with E-state index >= 15 is 0 Å². The Hall–Kier alpha value is -1.35. The lowest BCUT2D eigenvalue weighted by molar-refractivity contribution is -0.119. The molecule has 3 nitrogen and oxygen atoms in total. The molecule has 0 heterocycles. The Kier molecular flexibility index (Phi) is 3.03. The third kappa shape index (κ3) is 2.29. The molecule has 1 aromatic carbocycles. The van der Waals surface area contributed by atoms with Crippen molar-refractivity contribution in [3.63, 3.8) is 0 Å². The topological polar surface area (TPSA) is 57.5 Å².